The maximum Gasteiger partial charge on any atom is 0.220 e. The number of nitrogens with two attached hydrogens (primary N) is 2. The highest BCUT2D eigenvalue weighted by atomic mass is 16.2. The van der Waals surface area contributed by atoms with Gasteiger partial charge in [-0.15, -0.1) is 0 Å². The molecule has 0 rings (SSSR count). The van der Waals surface area contributed by atoms with E-state index in [-0.39, 0.29) is 17.7 Å². The highest BCUT2D eigenvalue weighted by molar-refractivity contribution is 5.76. The van der Waals surface area contributed by atoms with Crippen LogP contribution < -0.4 is 16.8 Å². The molecule has 0 aliphatic rings. The minimum Gasteiger partial charge on any atom is -0.370 e. The molecule has 5 heteroatoms. The average molecular weight is 243 g/mol. The van der Waals surface area contributed by atoms with E-state index in [0.29, 0.717) is 38.3 Å². The fourth-order valence-corrected chi connectivity index (χ4v) is 1.75. The molecular weight excluding hydrogens is 218 g/mol. The van der Waals surface area contributed by atoms with Crippen LogP contribution in [0.2, 0.25) is 0 Å². The van der Waals surface area contributed by atoms with E-state index in [0.717, 1.165) is 6.42 Å². The van der Waals surface area contributed by atoms with E-state index in [9.17, 15) is 9.59 Å². The molecule has 0 aliphatic heterocycles. The van der Waals surface area contributed by atoms with Crippen molar-refractivity contribution in [3.8, 4) is 0 Å². The Labute approximate surface area is 103 Å². The molecule has 5 nitrogen and oxygen atoms in total. The summed E-state index contributed by atoms with van der Waals surface area (Å²) >= 11 is 0. The molecule has 0 aromatic rings. The van der Waals surface area contributed by atoms with Crippen molar-refractivity contribution in [2.45, 2.75) is 39.5 Å². The maximum absolute atomic E-state index is 11.6. The summed E-state index contributed by atoms with van der Waals surface area (Å²) in [5.41, 5.74) is 10.6. The summed E-state index contributed by atoms with van der Waals surface area (Å²) in [5, 5.41) is 2.77. The molecule has 0 aliphatic carbocycles. The Morgan fingerprint density at radius 2 is 1.94 bits per heavy atom. The zero-order chi connectivity index (χ0) is 13.3. The Kier molecular flexibility index (Phi) is 8.40. The number of carbonyl (C=O) groups excluding carboxylic acids is 2. The quantitative estimate of drug-likeness (QED) is 0.510. The van der Waals surface area contributed by atoms with Crippen molar-refractivity contribution in [1.82, 2.24) is 5.32 Å². The first-order chi connectivity index (χ1) is 7.95. The third-order valence-electron chi connectivity index (χ3n) is 2.53. The highest BCUT2D eigenvalue weighted by Gasteiger charge is 2.13. The van der Waals surface area contributed by atoms with Gasteiger partial charge in [-0.25, -0.2) is 0 Å². The minimum atomic E-state index is -0.334. The van der Waals surface area contributed by atoms with Gasteiger partial charge in [-0.05, 0) is 31.2 Å². The number of amides is 2. The van der Waals surface area contributed by atoms with Crippen molar-refractivity contribution >= 4 is 11.8 Å². The maximum atomic E-state index is 11.6. The molecule has 0 saturated heterocycles. The Balaban J connectivity index is 3.71. The summed E-state index contributed by atoms with van der Waals surface area (Å²) in [6.07, 6.45) is 2.33. The van der Waals surface area contributed by atoms with Gasteiger partial charge in [-0.2, -0.15) is 0 Å². The molecule has 2 amide bonds. The van der Waals surface area contributed by atoms with Crippen LogP contribution in [0.25, 0.3) is 0 Å². The van der Waals surface area contributed by atoms with Crippen molar-refractivity contribution in [3.05, 3.63) is 0 Å². The Bertz CT molecular complexity index is 242. The van der Waals surface area contributed by atoms with Gasteiger partial charge in [0.2, 0.25) is 11.8 Å². The smallest absolute Gasteiger partial charge is 0.220 e. The third-order valence-corrected chi connectivity index (χ3v) is 2.53. The van der Waals surface area contributed by atoms with Gasteiger partial charge in [-0.3, -0.25) is 9.59 Å². The molecule has 0 fully saturated rings. The highest BCUT2D eigenvalue weighted by Crippen LogP contribution is 2.13. The summed E-state index contributed by atoms with van der Waals surface area (Å²) in [6, 6.07) is 0. The van der Waals surface area contributed by atoms with Crippen LogP contribution in [0.5, 0.6) is 0 Å². The molecule has 0 aromatic carbocycles. The van der Waals surface area contributed by atoms with Crippen molar-refractivity contribution in [2.75, 3.05) is 13.1 Å². The Morgan fingerprint density at radius 1 is 1.29 bits per heavy atom. The van der Waals surface area contributed by atoms with E-state index in [4.69, 9.17) is 11.5 Å². The summed E-state index contributed by atoms with van der Waals surface area (Å²) in [5.74, 6) is 0.460. The molecule has 0 bridgehead atoms. The lowest BCUT2D eigenvalue weighted by molar-refractivity contribution is -0.122. The van der Waals surface area contributed by atoms with Gasteiger partial charge in [0, 0.05) is 19.4 Å². The van der Waals surface area contributed by atoms with E-state index < -0.39 is 0 Å². The fraction of sp³-hybridized carbons (Fsp3) is 0.833. The number of hydrogen-bond donors (Lipinski definition) is 3. The standard InChI is InChI=1S/C12H25N3O2/c1-9(2)6-10(8-13)7-12(17)15-5-3-4-11(14)16/h9-10H,3-8,13H2,1-2H3,(H2,14,16)(H,15,17). The van der Waals surface area contributed by atoms with Crippen molar-refractivity contribution in [3.63, 3.8) is 0 Å². The zero-order valence-electron chi connectivity index (χ0n) is 10.9. The van der Waals surface area contributed by atoms with E-state index in [1.807, 2.05) is 0 Å². The van der Waals surface area contributed by atoms with Crippen LogP contribution >= 0.6 is 0 Å². The lowest BCUT2D eigenvalue weighted by Crippen LogP contribution is -2.30. The van der Waals surface area contributed by atoms with Crippen LogP contribution in [0.15, 0.2) is 0 Å². The minimum absolute atomic E-state index is 0.00516. The van der Waals surface area contributed by atoms with Crippen molar-refractivity contribution < 1.29 is 9.59 Å². The summed E-state index contributed by atoms with van der Waals surface area (Å²) in [7, 11) is 0. The van der Waals surface area contributed by atoms with E-state index in [2.05, 4.69) is 19.2 Å². The van der Waals surface area contributed by atoms with Gasteiger partial charge < -0.3 is 16.8 Å². The van der Waals surface area contributed by atoms with Crippen LogP contribution in [-0.4, -0.2) is 24.9 Å². The van der Waals surface area contributed by atoms with Crippen LogP contribution in [0, 0.1) is 11.8 Å². The molecule has 0 saturated carbocycles. The largest absolute Gasteiger partial charge is 0.370 e. The fourth-order valence-electron chi connectivity index (χ4n) is 1.75. The van der Waals surface area contributed by atoms with Gasteiger partial charge in [0.05, 0.1) is 0 Å². The number of hydrogen-bond acceptors (Lipinski definition) is 3. The summed E-state index contributed by atoms with van der Waals surface area (Å²) in [6.45, 7) is 5.27. The SMILES string of the molecule is CC(C)CC(CN)CC(=O)NCCCC(N)=O. The molecule has 100 valence electrons. The first kappa shape index (κ1) is 15.9. The van der Waals surface area contributed by atoms with E-state index >= 15 is 0 Å². The van der Waals surface area contributed by atoms with Gasteiger partial charge in [0.1, 0.15) is 0 Å². The molecule has 0 spiro atoms. The lowest BCUT2D eigenvalue weighted by Gasteiger charge is -2.16. The molecular formula is C12H25N3O2. The zero-order valence-corrected chi connectivity index (χ0v) is 10.9. The second-order valence-corrected chi connectivity index (χ2v) is 4.86. The summed E-state index contributed by atoms with van der Waals surface area (Å²) in [4.78, 5) is 22.0. The van der Waals surface area contributed by atoms with Crippen molar-refractivity contribution in [1.29, 1.82) is 0 Å². The molecule has 1 atom stereocenters. The topological polar surface area (TPSA) is 98.2 Å². The molecule has 0 aromatic heterocycles. The van der Waals surface area contributed by atoms with Gasteiger partial charge in [0.15, 0.2) is 0 Å². The average Bonchev–Trinajstić information content (AvgIpc) is 2.22. The molecule has 5 N–H and O–H groups in total. The van der Waals surface area contributed by atoms with Crippen molar-refractivity contribution in [2.24, 2.45) is 23.3 Å². The predicted octanol–water partition coefficient (Wildman–Crippen LogP) is 0.379. The van der Waals surface area contributed by atoms with E-state index in [1.165, 1.54) is 0 Å². The number of carbonyl (C=O) groups is 2. The second-order valence-electron chi connectivity index (χ2n) is 4.86. The van der Waals surface area contributed by atoms with Gasteiger partial charge in [0.25, 0.3) is 0 Å². The van der Waals surface area contributed by atoms with Crippen LogP contribution in [0.1, 0.15) is 39.5 Å². The third kappa shape index (κ3) is 9.81. The first-order valence-electron chi connectivity index (χ1n) is 6.20. The number of primary amides is 1. The summed E-state index contributed by atoms with van der Waals surface area (Å²) < 4.78 is 0. The molecule has 1 unspecified atom stereocenters. The number of rotatable bonds is 9. The van der Waals surface area contributed by atoms with Crippen LogP contribution in [0.3, 0.4) is 0 Å². The normalized spacial score (nSPS) is 12.5. The number of nitrogens with one attached hydrogen (secondary N) is 1. The Hall–Kier alpha value is -1.10. The molecule has 0 heterocycles. The molecule has 17 heavy (non-hydrogen) atoms. The van der Waals surface area contributed by atoms with Gasteiger partial charge >= 0.3 is 0 Å². The predicted molar refractivity (Wildman–Crippen MR) is 68.1 cm³/mol. The second kappa shape index (κ2) is 8.98. The van der Waals surface area contributed by atoms with Crippen LogP contribution in [0.4, 0.5) is 0 Å². The first-order valence-corrected chi connectivity index (χ1v) is 6.20. The van der Waals surface area contributed by atoms with E-state index in [1.54, 1.807) is 0 Å². The lowest BCUT2D eigenvalue weighted by atomic mass is 9.94. The Morgan fingerprint density at radius 3 is 2.41 bits per heavy atom. The van der Waals surface area contributed by atoms with Gasteiger partial charge in [-0.1, -0.05) is 13.8 Å². The van der Waals surface area contributed by atoms with Crippen LogP contribution in [-0.2, 0) is 9.59 Å². The monoisotopic (exact) mass is 243 g/mol. The molecule has 0 radical (unpaired) electrons.